The van der Waals surface area contributed by atoms with Gasteiger partial charge in [0.1, 0.15) is 5.92 Å². The first-order valence-electron chi connectivity index (χ1n) is 8.26. The van der Waals surface area contributed by atoms with E-state index in [-0.39, 0.29) is 16.8 Å². The lowest BCUT2D eigenvalue weighted by Gasteiger charge is -2.45. The van der Waals surface area contributed by atoms with Crippen LogP contribution >= 0.6 is 0 Å². The largest absolute Gasteiger partial charge is 0.437 e. The zero-order chi connectivity index (χ0) is 21.4. The molecule has 3 N–H and O–H groups in total. The zero-order valence-corrected chi connectivity index (χ0v) is 14.5. The highest BCUT2D eigenvalue weighted by molar-refractivity contribution is 6.00. The van der Waals surface area contributed by atoms with Crippen molar-refractivity contribution in [3.8, 4) is 0 Å². The van der Waals surface area contributed by atoms with Crippen molar-refractivity contribution in [2.75, 3.05) is 0 Å². The third-order valence-electron chi connectivity index (χ3n) is 4.61. The summed E-state index contributed by atoms with van der Waals surface area (Å²) in [6, 6.07) is 8.36. The number of aliphatic hydroxyl groups is 1. The molecule has 1 fully saturated rings. The molecule has 3 atom stereocenters. The van der Waals surface area contributed by atoms with E-state index < -0.39 is 40.6 Å². The second-order valence-corrected chi connectivity index (χ2v) is 6.40. The number of alkyl halides is 3. The number of carbonyl (C=O) groups excluding carboxylic acids is 2. The molecule has 1 aliphatic rings. The van der Waals surface area contributed by atoms with Crippen LogP contribution in [0.2, 0.25) is 0 Å². The van der Waals surface area contributed by atoms with Gasteiger partial charge in [-0.25, -0.2) is 4.79 Å². The molecule has 0 aliphatic carbocycles. The normalized spacial score (nSPS) is 24.3. The monoisotopic (exact) mass is 409 g/mol. The molecule has 0 saturated carbocycles. The van der Waals surface area contributed by atoms with Crippen LogP contribution in [0.25, 0.3) is 0 Å². The predicted octanol–water partition coefficient (Wildman–Crippen LogP) is 2.70. The quantitative estimate of drug-likeness (QED) is 0.407. The molecule has 0 radical (unpaired) electrons. The van der Waals surface area contributed by atoms with Crippen molar-refractivity contribution in [3.63, 3.8) is 0 Å². The van der Waals surface area contributed by atoms with Crippen LogP contribution < -0.4 is 10.6 Å². The summed E-state index contributed by atoms with van der Waals surface area (Å²) in [5.74, 6) is -3.26. The predicted molar refractivity (Wildman–Crippen MR) is 92.8 cm³/mol. The van der Waals surface area contributed by atoms with Crippen LogP contribution in [0, 0.1) is 16.0 Å². The summed E-state index contributed by atoms with van der Waals surface area (Å²) in [6.07, 6.45) is -5.38. The molecule has 1 heterocycles. The van der Waals surface area contributed by atoms with E-state index in [1.54, 1.807) is 6.07 Å². The molecule has 2 amide bonds. The van der Waals surface area contributed by atoms with Crippen molar-refractivity contribution in [2.24, 2.45) is 5.92 Å². The van der Waals surface area contributed by atoms with Crippen molar-refractivity contribution in [1.82, 2.24) is 10.6 Å². The summed E-state index contributed by atoms with van der Waals surface area (Å²) in [5, 5.41) is 24.9. The zero-order valence-electron chi connectivity index (χ0n) is 14.5. The average molecular weight is 409 g/mol. The van der Waals surface area contributed by atoms with E-state index in [0.29, 0.717) is 0 Å². The van der Waals surface area contributed by atoms with Gasteiger partial charge in [-0.05, 0) is 5.56 Å². The first-order chi connectivity index (χ1) is 13.5. The van der Waals surface area contributed by atoms with Crippen LogP contribution in [0.3, 0.4) is 0 Å². The number of hydrogen-bond acceptors (Lipinski definition) is 5. The number of rotatable bonds is 4. The highest BCUT2D eigenvalue weighted by Crippen LogP contribution is 2.44. The Bertz CT molecular complexity index is 949. The summed E-state index contributed by atoms with van der Waals surface area (Å²) >= 11 is 0. The summed E-state index contributed by atoms with van der Waals surface area (Å²) in [4.78, 5) is 35.0. The van der Waals surface area contributed by atoms with Gasteiger partial charge in [0, 0.05) is 17.7 Å². The average Bonchev–Trinajstić information content (AvgIpc) is 2.67. The molecule has 29 heavy (non-hydrogen) atoms. The topological polar surface area (TPSA) is 122 Å². The van der Waals surface area contributed by atoms with E-state index in [9.17, 15) is 38.0 Å². The van der Waals surface area contributed by atoms with Gasteiger partial charge in [0.15, 0.2) is 5.78 Å². The Morgan fingerprint density at radius 1 is 1.10 bits per heavy atom. The number of amides is 2. The van der Waals surface area contributed by atoms with Crippen LogP contribution in [-0.2, 0) is 0 Å². The van der Waals surface area contributed by atoms with Gasteiger partial charge < -0.3 is 15.7 Å². The Morgan fingerprint density at radius 3 is 2.21 bits per heavy atom. The maximum Gasteiger partial charge on any atom is 0.437 e. The molecular formula is C18H14F3N3O5. The Hall–Kier alpha value is -3.47. The summed E-state index contributed by atoms with van der Waals surface area (Å²) < 4.78 is 41.3. The fourth-order valence-electron chi connectivity index (χ4n) is 3.20. The van der Waals surface area contributed by atoms with Gasteiger partial charge in [-0.2, -0.15) is 13.2 Å². The minimum absolute atomic E-state index is 0.0117. The number of carbonyl (C=O) groups is 2. The van der Waals surface area contributed by atoms with Gasteiger partial charge >= 0.3 is 12.2 Å². The van der Waals surface area contributed by atoms with Crippen molar-refractivity contribution < 1.29 is 32.8 Å². The van der Waals surface area contributed by atoms with E-state index in [2.05, 4.69) is 5.32 Å². The Labute approximate surface area is 161 Å². The Kier molecular flexibility index (Phi) is 5.01. The van der Waals surface area contributed by atoms with E-state index >= 15 is 0 Å². The number of non-ortho nitro benzene ring substituents is 1. The smallest absolute Gasteiger partial charge is 0.363 e. The fraction of sp³-hybridized carbons (Fsp3) is 0.222. The Balaban J connectivity index is 2.14. The summed E-state index contributed by atoms with van der Waals surface area (Å²) in [5.41, 5.74) is -4.30. The maximum atomic E-state index is 13.8. The third kappa shape index (κ3) is 3.63. The number of hydrogen-bond donors (Lipinski definition) is 3. The standard InChI is InChI=1S/C18H14F3N3O5/c19-18(20,21)17(27)13(15(25)11-4-2-1-3-5-11)14(22-16(26)23-17)10-6-8-12(9-7-10)24(28)29/h1-9,13-14,27H,(H2,22,23,26)/t13-,14-,17+/m0/s1. The minimum atomic E-state index is -5.38. The number of nitrogens with zero attached hydrogens (tertiary/aromatic N) is 1. The molecule has 11 heteroatoms. The van der Waals surface area contributed by atoms with E-state index in [4.69, 9.17) is 0 Å². The van der Waals surface area contributed by atoms with Gasteiger partial charge in [-0.1, -0.05) is 42.5 Å². The molecule has 8 nitrogen and oxygen atoms in total. The van der Waals surface area contributed by atoms with Gasteiger partial charge in [-0.15, -0.1) is 0 Å². The molecule has 1 saturated heterocycles. The van der Waals surface area contributed by atoms with Crippen molar-refractivity contribution in [2.45, 2.75) is 17.9 Å². The number of halogens is 3. The second-order valence-electron chi connectivity index (χ2n) is 6.40. The number of urea groups is 1. The second kappa shape index (κ2) is 7.17. The van der Waals surface area contributed by atoms with Gasteiger partial charge in [0.05, 0.1) is 11.0 Å². The lowest BCUT2D eigenvalue weighted by molar-refractivity contribution is -0.384. The molecule has 152 valence electrons. The van der Waals surface area contributed by atoms with Crippen LogP contribution in [-0.4, -0.2) is 33.7 Å². The SMILES string of the molecule is O=C1N[C@@H](c2ccc([N+](=O)[O-])cc2)[C@@H](C(=O)c2ccccc2)[C@@](O)(C(F)(F)F)N1. The molecule has 2 aromatic carbocycles. The molecule has 0 bridgehead atoms. The number of nitrogens with one attached hydrogen (secondary N) is 2. The minimum Gasteiger partial charge on any atom is -0.363 e. The first kappa shape index (κ1) is 20.3. The van der Waals surface area contributed by atoms with Crippen LogP contribution in [0.4, 0.5) is 23.7 Å². The van der Waals surface area contributed by atoms with Gasteiger partial charge in [0.25, 0.3) is 5.69 Å². The molecule has 3 rings (SSSR count). The lowest BCUT2D eigenvalue weighted by Crippen LogP contribution is -2.72. The van der Waals surface area contributed by atoms with Crippen LogP contribution in [0.5, 0.6) is 0 Å². The van der Waals surface area contributed by atoms with E-state index in [1.807, 2.05) is 0 Å². The highest BCUT2D eigenvalue weighted by atomic mass is 19.4. The molecule has 1 aliphatic heterocycles. The van der Waals surface area contributed by atoms with Crippen molar-refractivity contribution in [1.29, 1.82) is 0 Å². The van der Waals surface area contributed by atoms with Crippen molar-refractivity contribution >= 4 is 17.5 Å². The van der Waals surface area contributed by atoms with Crippen LogP contribution in [0.1, 0.15) is 22.0 Å². The molecular weight excluding hydrogens is 395 g/mol. The fourth-order valence-corrected chi connectivity index (χ4v) is 3.20. The number of nitro groups is 1. The highest BCUT2D eigenvalue weighted by Gasteiger charge is 2.66. The molecule has 0 spiro atoms. The third-order valence-corrected chi connectivity index (χ3v) is 4.61. The number of benzene rings is 2. The molecule has 2 aromatic rings. The van der Waals surface area contributed by atoms with Crippen molar-refractivity contribution in [3.05, 3.63) is 75.8 Å². The van der Waals surface area contributed by atoms with E-state index in [1.165, 1.54) is 29.6 Å². The van der Waals surface area contributed by atoms with Gasteiger partial charge in [0.2, 0.25) is 5.72 Å². The van der Waals surface area contributed by atoms with Gasteiger partial charge in [-0.3, -0.25) is 14.9 Å². The first-order valence-corrected chi connectivity index (χ1v) is 8.26. The maximum absolute atomic E-state index is 13.8. The summed E-state index contributed by atoms with van der Waals surface area (Å²) in [7, 11) is 0. The van der Waals surface area contributed by atoms with E-state index in [0.717, 1.165) is 24.3 Å². The summed E-state index contributed by atoms with van der Waals surface area (Å²) in [6.45, 7) is 0. The number of ketones is 1. The number of nitro benzene ring substituents is 1. The number of Topliss-reactive ketones (excluding diaryl/α,β-unsaturated/α-hetero) is 1. The molecule has 0 unspecified atom stereocenters. The lowest BCUT2D eigenvalue weighted by atomic mass is 9.77. The Morgan fingerprint density at radius 2 is 1.69 bits per heavy atom. The van der Waals surface area contributed by atoms with Crippen LogP contribution in [0.15, 0.2) is 54.6 Å². The molecule has 0 aromatic heterocycles.